The number of rotatable bonds is 6. The smallest absolute Gasteiger partial charge is 0.423 e. The van der Waals surface area contributed by atoms with E-state index in [9.17, 15) is 13.2 Å². The summed E-state index contributed by atoms with van der Waals surface area (Å²) in [6.07, 6.45) is -4.30. The van der Waals surface area contributed by atoms with Crippen LogP contribution in [-0.4, -0.2) is 34.3 Å². The molecule has 0 unspecified atom stereocenters. The van der Waals surface area contributed by atoms with Crippen molar-refractivity contribution in [3.05, 3.63) is 65.5 Å². The van der Waals surface area contributed by atoms with Gasteiger partial charge in [-0.3, -0.25) is 4.98 Å². The van der Waals surface area contributed by atoms with Crippen LogP contribution in [0.15, 0.2) is 48.7 Å². The molecule has 1 aliphatic rings. The summed E-state index contributed by atoms with van der Waals surface area (Å²) in [6, 6.07) is 13.5. The lowest BCUT2D eigenvalue weighted by Crippen LogP contribution is -2.39. The van der Waals surface area contributed by atoms with E-state index in [1.54, 1.807) is 0 Å². The fraction of sp³-hybridized carbons (Fsp3) is 0.286. The van der Waals surface area contributed by atoms with Gasteiger partial charge in [0.2, 0.25) is 11.8 Å². The zero-order valence-corrected chi connectivity index (χ0v) is 16.1. The molecule has 0 atom stereocenters. The number of halogens is 3. The van der Waals surface area contributed by atoms with Crippen LogP contribution >= 0.6 is 0 Å². The average Bonchev–Trinajstić information content (AvgIpc) is 2.69. The largest absolute Gasteiger partial charge is 0.469 e. The van der Waals surface area contributed by atoms with Gasteiger partial charge in [0.05, 0.1) is 18.9 Å². The molecule has 0 radical (unpaired) electrons. The second-order valence-corrected chi connectivity index (χ2v) is 6.90. The Morgan fingerprint density at radius 3 is 2.50 bits per heavy atom. The first-order chi connectivity index (χ1) is 14.4. The summed E-state index contributed by atoms with van der Waals surface area (Å²) in [5.74, 6) is -0.433. The Balaban J connectivity index is 1.45. The van der Waals surface area contributed by atoms with Crippen molar-refractivity contribution in [3.8, 4) is 17.1 Å². The standard InChI is InChI=1S/C21H19F3N4O2/c1-13-3-2-4-18(27-13)15-7-5-14(6-8-15)9-25-20-26-10-17(21(22,23)24)19(28-20)30-16-11-29-12-16/h2-8,10,16H,9,11-12H2,1H3,(H,25,26,28). The van der Waals surface area contributed by atoms with Crippen molar-refractivity contribution in [1.29, 1.82) is 0 Å². The molecule has 6 nitrogen and oxygen atoms in total. The van der Waals surface area contributed by atoms with Gasteiger partial charge in [-0.2, -0.15) is 18.2 Å². The molecule has 1 saturated heterocycles. The summed E-state index contributed by atoms with van der Waals surface area (Å²) in [6.45, 7) is 2.76. The number of nitrogens with zero attached hydrogens (tertiary/aromatic N) is 3. The van der Waals surface area contributed by atoms with Crippen LogP contribution in [0.25, 0.3) is 11.3 Å². The third-order valence-electron chi connectivity index (χ3n) is 4.53. The summed E-state index contributed by atoms with van der Waals surface area (Å²) in [4.78, 5) is 12.2. The number of benzene rings is 1. The van der Waals surface area contributed by atoms with E-state index in [1.807, 2.05) is 49.4 Å². The molecule has 3 aromatic rings. The summed E-state index contributed by atoms with van der Waals surface area (Å²) in [7, 11) is 0. The third-order valence-corrected chi connectivity index (χ3v) is 4.53. The predicted molar refractivity (Wildman–Crippen MR) is 104 cm³/mol. The Kier molecular flexibility index (Phi) is 5.54. The van der Waals surface area contributed by atoms with Gasteiger partial charge in [0.15, 0.2) is 0 Å². The Bertz CT molecular complexity index is 1020. The van der Waals surface area contributed by atoms with Gasteiger partial charge in [-0.15, -0.1) is 0 Å². The molecule has 0 aliphatic carbocycles. The quantitative estimate of drug-likeness (QED) is 0.648. The number of alkyl halides is 3. The Morgan fingerprint density at radius 1 is 1.10 bits per heavy atom. The molecule has 0 spiro atoms. The predicted octanol–water partition coefficient (Wildman–Crippen LogP) is 4.26. The summed E-state index contributed by atoms with van der Waals surface area (Å²) in [5.41, 5.74) is 2.71. The number of hydrogen-bond donors (Lipinski definition) is 1. The lowest BCUT2D eigenvalue weighted by molar-refractivity contribution is -0.142. The molecule has 30 heavy (non-hydrogen) atoms. The van der Waals surface area contributed by atoms with E-state index >= 15 is 0 Å². The molecule has 9 heteroatoms. The first-order valence-electron chi connectivity index (χ1n) is 9.34. The molecule has 156 valence electrons. The molecule has 2 aromatic heterocycles. The highest BCUT2D eigenvalue weighted by Crippen LogP contribution is 2.35. The van der Waals surface area contributed by atoms with E-state index in [1.165, 1.54) is 0 Å². The number of hydrogen-bond acceptors (Lipinski definition) is 6. The van der Waals surface area contributed by atoms with Gasteiger partial charge in [-0.05, 0) is 24.6 Å². The van der Waals surface area contributed by atoms with Gasteiger partial charge in [0.25, 0.3) is 0 Å². The lowest BCUT2D eigenvalue weighted by Gasteiger charge is -2.27. The number of aromatic nitrogens is 3. The minimum Gasteiger partial charge on any atom is -0.469 e. The number of anilines is 1. The molecule has 1 N–H and O–H groups in total. The number of nitrogens with one attached hydrogen (secondary N) is 1. The molecular weight excluding hydrogens is 397 g/mol. The maximum Gasteiger partial charge on any atom is 0.423 e. The zero-order valence-electron chi connectivity index (χ0n) is 16.1. The van der Waals surface area contributed by atoms with Crippen LogP contribution in [0.1, 0.15) is 16.8 Å². The van der Waals surface area contributed by atoms with E-state index < -0.39 is 23.7 Å². The van der Waals surface area contributed by atoms with Crippen LogP contribution in [0, 0.1) is 6.92 Å². The normalized spacial score (nSPS) is 14.3. The molecule has 4 rings (SSSR count). The van der Waals surface area contributed by atoms with E-state index in [0.717, 1.165) is 28.7 Å². The summed E-state index contributed by atoms with van der Waals surface area (Å²) >= 11 is 0. The Morgan fingerprint density at radius 2 is 1.87 bits per heavy atom. The Hall–Kier alpha value is -3.20. The molecule has 3 heterocycles. The van der Waals surface area contributed by atoms with Gasteiger partial charge < -0.3 is 14.8 Å². The van der Waals surface area contributed by atoms with Crippen molar-refractivity contribution in [2.45, 2.75) is 25.7 Å². The highest BCUT2D eigenvalue weighted by molar-refractivity contribution is 5.59. The Labute approximate surface area is 171 Å². The fourth-order valence-electron chi connectivity index (χ4n) is 2.85. The highest BCUT2D eigenvalue weighted by Gasteiger charge is 2.37. The first kappa shape index (κ1) is 20.1. The first-order valence-corrected chi connectivity index (χ1v) is 9.34. The fourth-order valence-corrected chi connectivity index (χ4v) is 2.85. The SMILES string of the molecule is Cc1cccc(-c2ccc(CNc3ncc(C(F)(F)F)c(OC4COC4)n3)cc2)n1. The second kappa shape index (κ2) is 8.27. The minimum atomic E-state index is -4.60. The molecule has 1 aliphatic heterocycles. The van der Waals surface area contributed by atoms with E-state index in [-0.39, 0.29) is 19.2 Å². The molecule has 0 saturated carbocycles. The second-order valence-electron chi connectivity index (χ2n) is 6.90. The van der Waals surface area contributed by atoms with Gasteiger partial charge in [0.1, 0.15) is 11.7 Å². The van der Waals surface area contributed by atoms with Crippen molar-refractivity contribution < 1.29 is 22.6 Å². The van der Waals surface area contributed by atoms with Crippen LogP contribution in [0.4, 0.5) is 19.1 Å². The van der Waals surface area contributed by atoms with Crippen molar-refractivity contribution >= 4 is 5.95 Å². The van der Waals surface area contributed by atoms with E-state index in [4.69, 9.17) is 9.47 Å². The highest BCUT2D eigenvalue weighted by atomic mass is 19.4. The molecular formula is C21H19F3N4O2. The van der Waals surface area contributed by atoms with E-state index in [0.29, 0.717) is 6.54 Å². The lowest BCUT2D eigenvalue weighted by atomic mass is 10.1. The third kappa shape index (κ3) is 4.68. The minimum absolute atomic E-state index is 0.0580. The van der Waals surface area contributed by atoms with Crippen LogP contribution in [-0.2, 0) is 17.5 Å². The molecule has 1 aromatic carbocycles. The van der Waals surface area contributed by atoms with E-state index in [2.05, 4.69) is 20.3 Å². The van der Waals surface area contributed by atoms with Crippen LogP contribution < -0.4 is 10.1 Å². The summed E-state index contributed by atoms with van der Waals surface area (Å²) in [5, 5.41) is 2.94. The average molecular weight is 416 g/mol. The molecule has 0 bridgehead atoms. The number of aryl methyl sites for hydroxylation is 1. The zero-order chi connectivity index (χ0) is 21.1. The van der Waals surface area contributed by atoms with Crippen LogP contribution in [0.3, 0.4) is 0 Å². The maximum absolute atomic E-state index is 13.2. The van der Waals surface area contributed by atoms with Crippen LogP contribution in [0.2, 0.25) is 0 Å². The molecule has 1 fully saturated rings. The van der Waals surface area contributed by atoms with Crippen molar-refractivity contribution in [1.82, 2.24) is 15.0 Å². The van der Waals surface area contributed by atoms with Gasteiger partial charge >= 0.3 is 6.18 Å². The van der Waals surface area contributed by atoms with Gasteiger partial charge in [-0.25, -0.2) is 4.98 Å². The van der Waals surface area contributed by atoms with Crippen molar-refractivity contribution in [3.63, 3.8) is 0 Å². The van der Waals surface area contributed by atoms with Gasteiger partial charge in [-0.1, -0.05) is 30.3 Å². The maximum atomic E-state index is 13.2. The topological polar surface area (TPSA) is 69.2 Å². The summed E-state index contributed by atoms with van der Waals surface area (Å²) < 4.78 is 49.8. The molecule has 0 amide bonds. The monoisotopic (exact) mass is 416 g/mol. The van der Waals surface area contributed by atoms with Gasteiger partial charge in [0, 0.05) is 24.0 Å². The van der Waals surface area contributed by atoms with Crippen molar-refractivity contribution in [2.24, 2.45) is 0 Å². The number of pyridine rings is 1. The number of ether oxygens (including phenoxy) is 2. The van der Waals surface area contributed by atoms with Crippen LogP contribution in [0.5, 0.6) is 5.88 Å². The van der Waals surface area contributed by atoms with Crippen molar-refractivity contribution in [2.75, 3.05) is 18.5 Å².